The van der Waals surface area contributed by atoms with E-state index in [4.69, 9.17) is 0 Å². The van der Waals surface area contributed by atoms with Gasteiger partial charge in [-0.3, -0.25) is 4.79 Å². The summed E-state index contributed by atoms with van der Waals surface area (Å²) >= 11 is 0. The minimum atomic E-state index is -0.691. The average molecular weight is 315 g/mol. The van der Waals surface area contributed by atoms with Crippen LogP contribution < -0.4 is 5.32 Å². The first-order valence-corrected chi connectivity index (χ1v) is 9.82. The molecule has 1 saturated heterocycles. The summed E-state index contributed by atoms with van der Waals surface area (Å²) in [5, 5.41) is 15.4. The normalized spacial score (nSPS) is 54.8. The van der Waals surface area contributed by atoms with Crippen LogP contribution in [0.5, 0.6) is 0 Å². The summed E-state index contributed by atoms with van der Waals surface area (Å²) in [7, 11) is 0. The van der Waals surface area contributed by atoms with Gasteiger partial charge in [0.15, 0.2) is 5.78 Å². The van der Waals surface area contributed by atoms with Crippen LogP contribution in [0.15, 0.2) is 11.6 Å². The highest BCUT2D eigenvalue weighted by molar-refractivity contribution is 5.94. The lowest BCUT2D eigenvalue weighted by Gasteiger charge is -2.47. The Morgan fingerprint density at radius 2 is 2.04 bits per heavy atom. The van der Waals surface area contributed by atoms with Crippen molar-refractivity contribution in [3.63, 3.8) is 0 Å². The largest absolute Gasteiger partial charge is 0.385 e. The lowest BCUT2D eigenvalue weighted by Crippen LogP contribution is -2.57. The first kappa shape index (κ1) is 14.7. The first-order chi connectivity index (χ1) is 11.1. The molecular formula is C20H29NO2. The second-order valence-corrected chi connectivity index (χ2v) is 9.06. The smallest absolute Gasteiger partial charge is 0.159 e. The molecular weight excluding hydrogens is 286 g/mol. The zero-order valence-corrected chi connectivity index (χ0v) is 14.1. The third-order valence-electron chi connectivity index (χ3n) is 7.95. The van der Waals surface area contributed by atoms with Gasteiger partial charge in [0, 0.05) is 23.9 Å². The van der Waals surface area contributed by atoms with E-state index >= 15 is 0 Å². The molecule has 0 aromatic carbocycles. The third-order valence-corrected chi connectivity index (χ3v) is 7.95. The van der Waals surface area contributed by atoms with E-state index in [-0.39, 0.29) is 5.92 Å². The number of rotatable bonds is 0. The van der Waals surface area contributed by atoms with E-state index in [0.717, 1.165) is 31.3 Å². The maximum Gasteiger partial charge on any atom is 0.159 e. The van der Waals surface area contributed by atoms with Gasteiger partial charge in [0.05, 0.1) is 5.60 Å². The highest BCUT2D eigenvalue weighted by Gasteiger charge is 2.62. The molecule has 23 heavy (non-hydrogen) atoms. The van der Waals surface area contributed by atoms with Gasteiger partial charge >= 0.3 is 0 Å². The van der Waals surface area contributed by atoms with Crippen LogP contribution in [0.1, 0.15) is 58.3 Å². The Morgan fingerprint density at radius 3 is 2.91 bits per heavy atom. The lowest BCUT2D eigenvalue weighted by atomic mass is 9.63. The van der Waals surface area contributed by atoms with E-state index < -0.39 is 5.60 Å². The quantitative estimate of drug-likeness (QED) is 0.723. The number of hydrogen-bond donors (Lipinski definition) is 2. The SMILES string of the molecule is C[C@H]1CC[C@@H]2C(C[C@@H]3C[C@]2(O)C2=CC(=O)[C@@H]4CCCC[C@H]4[C@@H]23)N1. The molecule has 3 nitrogen and oxygen atoms in total. The molecule has 0 spiro atoms. The fourth-order valence-electron chi connectivity index (χ4n) is 7.11. The summed E-state index contributed by atoms with van der Waals surface area (Å²) < 4.78 is 0. The van der Waals surface area contributed by atoms with Crippen molar-refractivity contribution in [1.29, 1.82) is 0 Å². The van der Waals surface area contributed by atoms with Crippen LogP contribution in [0.4, 0.5) is 0 Å². The molecule has 3 saturated carbocycles. The lowest BCUT2D eigenvalue weighted by molar-refractivity contribution is -0.122. The van der Waals surface area contributed by atoms with Gasteiger partial charge in [-0.15, -0.1) is 0 Å². The van der Waals surface area contributed by atoms with Crippen molar-refractivity contribution in [2.24, 2.45) is 29.6 Å². The summed E-state index contributed by atoms with van der Waals surface area (Å²) in [6.07, 6.45) is 11.0. The second kappa shape index (κ2) is 4.92. The van der Waals surface area contributed by atoms with Gasteiger partial charge < -0.3 is 10.4 Å². The van der Waals surface area contributed by atoms with Gasteiger partial charge in [-0.05, 0) is 74.9 Å². The number of aliphatic hydroxyl groups is 1. The zero-order valence-electron chi connectivity index (χ0n) is 14.1. The molecule has 2 bridgehead atoms. The fourth-order valence-corrected chi connectivity index (χ4v) is 7.11. The van der Waals surface area contributed by atoms with Gasteiger partial charge in [0.25, 0.3) is 0 Å². The predicted octanol–water partition coefficient (Wildman–Crippen LogP) is 2.83. The molecule has 8 atom stereocenters. The van der Waals surface area contributed by atoms with E-state index in [1.807, 2.05) is 6.08 Å². The van der Waals surface area contributed by atoms with E-state index in [9.17, 15) is 9.90 Å². The fraction of sp³-hybridized carbons (Fsp3) is 0.850. The minimum absolute atomic E-state index is 0.259. The Balaban J connectivity index is 1.57. The Hall–Kier alpha value is -0.670. The molecule has 0 amide bonds. The Bertz CT molecular complexity index is 570. The standard InChI is InChI=1S/C20H29NO2/c1-11-6-7-15-17(21-11)8-12-10-20(15,23)16-9-18(22)13-4-2-3-5-14(13)19(12)16/h9,11-15,17,19,21,23H,2-8,10H2,1H3/t11-,12+,13+,14+,15+,17?,19-,20+/m0/s1. The van der Waals surface area contributed by atoms with Crippen LogP contribution >= 0.6 is 0 Å². The van der Waals surface area contributed by atoms with Crippen molar-refractivity contribution < 1.29 is 9.90 Å². The molecule has 2 N–H and O–H groups in total. The van der Waals surface area contributed by atoms with E-state index in [2.05, 4.69) is 12.2 Å². The summed E-state index contributed by atoms with van der Waals surface area (Å²) in [5.74, 6) is 2.51. The zero-order chi connectivity index (χ0) is 15.8. The van der Waals surface area contributed by atoms with Gasteiger partial charge in [-0.2, -0.15) is 0 Å². The molecule has 5 aliphatic rings. The molecule has 126 valence electrons. The van der Waals surface area contributed by atoms with Crippen molar-refractivity contribution in [2.75, 3.05) is 0 Å². The van der Waals surface area contributed by atoms with E-state index in [1.54, 1.807) is 0 Å². The Morgan fingerprint density at radius 1 is 1.22 bits per heavy atom. The molecule has 0 radical (unpaired) electrons. The molecule has 4 aliphatic carbocycles. The van der Waals surface area contributed by atoms with Crippen LogP contribution in [-0.4, -0.2) is 28.6 Å². The van der Waals surface area contributed by atoms with Crippen LogP contribution in [0.25, 0.3) is 0 Å². The van der Waals surface area contributed by atoms with Crippen molar-refractivity contribution >= 4 is 5.78 Å². The predicted molar refractivity (Wildman–Crippen MR) is 88.8 cm³/mol. The van der Waals surface area contributed by atoms with E-state index in [1.165, 1.54) is 25.7 Å². The maximum atomic E-state index is 12.7. The number of ketones is 1. The van der Waals surface area contributed by atoms with E-state index in [0.29, 0.717) is 41.5 Å². The summed E-state index contributed by atoms with van der Waals surface area (Å²) in [6.45, 7) is 2.27. The Kier molecular flexibility index (Phi) is 3.13. The average Bonchev–Trinajstić information content (AvgIpc) is 2.76. The third kappa shape index (κ3) is 1.93. The number of nitrogens with one attached hydrogen (secondary N) is 1. The number of allylic oxidation sites excluding steroid dienone is 1. The molecule has 1 heterocycles. The van der Waals surface area contributed by atoms with Crippen molar-refractivity contribution in [3.8, 4) is 0 Å². The first-order valence-electron chi connectivity index (χ1n) is 9.82. The summed E-state index contributed by atoms with van der Waals surface area (Å²) in [4.78, 5) is 12.7. The number of fused-ring (bicyclic) bond motifs is 9. The van der Waals surface area contributed by atoms with Crippen molar-refractivity contribution in [1.82, 2.24) is 5.32 Å². The second-order valence-electron chi connectivity index (χ2n) is 9.06. The van der Waals surface area contributed by atoms with Gasteiger partial charge in [-0.25, -0.2) is 0 Å². The summed E-state index contributed by atoms with van der Waals surface area (Å²) in [6, 6.07) is 1.02. The van der Waals surface area contributed by atoms with Crippen LogP contribution in [0.3, 0.4) is 0 Å². The van der Waals surface area contributed by atoms with Gasteiger partial charge in [0.2, 0.25) is 0 Å². The molecule has 1 aliphatic heterocycles. The van der Waals surface area contributed by atoms with Crippen LogP contribution in [0.2, 0.25) is 0 Å². The topological polar surface area (TPSA) is 49.3 Å². The highest BCUT2D eigenvalue weighted by atomic mass is 16.3. The van der Waals surface area contributed by atoms with Crippen molar-refractivity contribution in [2.45, 2.75) is 76.0 Å². The molecule has 0 aromatic heterocycles. The molecule has 0 aromatic rings. The molecule has 1 unspecified atom stereocenters. The number of hydrogen-bond acceptors (Lipinski definition) is 3. The van der Waals surface area contributed by atoms with Gasteiger partial charge in [0.1, 0.15) is 0 Å². The summed E-state index contributed by atoms with van der Waals surface area (Å²) in [5.41, 5.74) is 0.461. The molecule has 3 heteroatoms. The monoisotopic (exact) mass is 315 g/mol. The maximum absolute atomic E-state index is 12.7. The van der Waals surface area contributed by atoms with Crippen molar-refractivity contribution in [3.05, 3.63) is 11.6 Å². The Labute approximate surface area is 138 Å². The highest BCUT2D eigenvalue weighted by Crippen LogP contribution is 2.62. The molecule has 4 fully saturated rings. The van der Waals surface area contributed by atoms with Crippen LogP contribution in [0, 0.1) is 29.6 Å². The van der Waals surface area contributed by atoms with Gasteiger partial charge in [-0.1, -0.05) is 12.8 Å². The minimum Gasteiger partial charge on any atom is -0.385 e. The number of piperidine rings is 1. The van der Waals surface area contributed by atoms with Crippen LogP contribution in [-0.2, 0) is 4.79 Å². The number of carbonyl (C=O) groups excluding carboxylic acids is 1. The molecule has 5 rings (SSSR count). The number of carbonyl (C=O) groups is 1.